The first kappa shape index (κ1) is 10.5. The maximum atomic E-state index is 9.16. The molecule has 0 N–H and O–H groups in total. The highest BCUT2D eigenvalue weighted by Gasteiger charge is 2.34. The molecule has 2 nitrogen and oxygen atoms in total. The van der Waals surface area contributed by atoms with Crippen LogP contribution in [0.2, 0.25) is 0 Å². The molecule has 0 aromatic rings. The second-order valence-corrected chi connectivity index (χ2v) is 4.34. The van der Waals surface area contributed by atoms with E-state index in [0.29, 0.717) is 0 Å². The fourth-order valence-corrected chi connectivity index (χ4v) is 2.33. The molecule has 0 aromatic carbocycles. The van der Waals surface area contributed by atoms with E-state index in [2.05, 4.69) is 24.9 Å². The second kappa shape index (κ2) is 4.62. The molecular weight excluding hydrogens is 160 g/mol. The predicted octanol–water partition coefficient (Wildman–Crippen LogP) is 2.41. The Labute approximate surface area is 81.5 Å². The average molecular weight is 180 g/mol. The summed E-state index contributed by atoms with van der Waals surface area (Å²) < 4.78 is 0. The van der Waals surface area contributed by atoms with Crippen molar-refractivity contribution in [1.29, 1.82) is 5.26 Å². The summed E-state index contributed by atoms with van der Waals surface area (Å²) in [6.07, 6.45) is 5.88. The van der Waals surface area contributed by atoms with Crippen molar-refractivity contribution in [2.24, 2.45) is 5.41 Å². The normalized spacial score (nSPS) is 20.5. The molecule has 0 atom stereocenters. The van der Waals surface area contributed by atoms with Crippen molar-refractivity contribution in [3.8, 4) is 6.07 Å². The third kappa shape index (κ3) is 2.70. The summed E-state index contributed by atoms with van der Waals surface area (Å²) in [5.74, 6) is 0. The zero-order chi connectivity index (χ0) is 9.73. The van der Waals surface area contributed by atoms with E-state index < -0.39 is 0 Å². The summed E-state index contributed by atoms with van der Waals surface area (Å²) in [6.45, 7) is 4.27. The van der Waals surface area contributed by atoms with Crippen LogP contribution in [0, 0.1) is 16.7 Å². The lowest BCUT2D eigenvalue weighted by Gasteiger charge is -2.26. The lowest BCUT2D eigenvalue weighted by Crippen LogP contribution is -2.33. The monoisotopic (exact) mass is 180 g/mol. The minimum atomic E-state index is -0.01000. The Balaban J connectivity index is 2.44. The molecule has 0 bridgehead atoms. The fraction of sp³-hybridized carbons (Fsp3) is 0.909. The van der Waals surface area contributed by atoms with Crippen molar-refractivity contribution < 1.29 is 0 Å². The first-order chi connectivity index (χ1) is 6.22. The summed E-state index contributed by atoms with van der Waals surface area (Å²) >= 11 is 0. The number of rotatable bonds is 4. The van der Waals surface area contributed by atoms with Crippen molar-refractivity contribution >= 4 is 0 Å². The summed E-state index contributed by atoms with van der Waals surface area (Å²) in [7, 11) is 2.13. The molecular formula is C11H20N2. The van der Waals surface area contributed by atoms with Gasteiger partial charge in [-0.1, -0.05) is 19.8 Å². The van der Waals surface area contributed by atoms with E-state index in [1.165, 1.54) is 19.3 Å². The number of nitrogens with zero attached hydrogens (tertiary/aromatic N) is 2. The Hall–Kier alpha value is -0.550. The standard InChI is InChI=1S/C11H20N2/c1-3-8-13(2)10-11(9-12)6-4-5-7-11/h3-8,10H2,1-2H3. The number of hydrogen-bond donors (Lipinski definition) is 0. The lowest BCUT2D eigenvalue weighted by molar-refractivity contribution is 0.230. The van der Waals surface area contributed by atoms with E-state index in [1.54, 1.807) is 0 Å². The molecule has 1 rings (SSSR count). The van der Waals surface area contributed by atoms with E-state index in [9.17, 15) is 0 Å². The topological polar surface area (TPSA) is 27.0 Å². The van der Waals surface area contributed by atoms with E-state index in [1.807, 2.05) is 0 Å². The summed E-state index contributed by atoms with van der Waals surface area (Å²) in [4.78, 5) is 2.30. The van der Waals surface area contributed by atoms with Crippen molar-refractivity contribution in [1.82, 2.24) is 4.90 Å². The highest BCUT2D eigenvalue weighted by atomic mass is 15.1. The van der Waals surface area contributed by atoms with Gasteiger partial charge in [0, 0.05) is 6.54 Å². The van der Waals surface area contributed by atoms with E-state index in [0.717, 1.165) is 25.9 Å². The largest absolute Gasteiger partial charge is 0.305 e. The van der Waals surface area contributed by atoms with Gasteiger partial charge in [0.2, 0.25) is 0 Å². The average Bonchev–Trinajstić information content (AvgIpc) is 2.54. The van der Waals surface area contributed by atoms with Crippen LogP contribution in [-0.4, -0.2) is 25.0 Å². The lowest BCUT2D eigenvalue weighted by atomic mass is 9.87. The molecule has 13 heavy (non-hydrogen) atoms. The van der Waals surface area contributed by atoms with Crippen molar-refractivity contribution in [3.63, 3.8) is 0 Å². The Bertz CT molecular complexity index is 187. The smallest absolute Gasteiger partial charge is 0.0703 e. The molecule has 0 heterocycles. The zero-order valence-electron chi connectivity index (χ0n) is 8.84. The Morgan fingerprint density at radius 2 is 2.00 bits per heavy atom. The molecule has 0 aliphatic heterocycles. The van der Waals surface area contributed by atoms with Crippen LogP contribution in [0.15, 0.2) is 0 Å². The quantitative estimate of drug-likeness (QED) is 0.664. The first-order valence-electron chi connectivity index (χ1n) is 5.32. The summed E-state index contributed by atoms with van der Waals surface area (Å²) in [6, 6.07) is 2.53. The third-order valence-corrected chi connectivity index (χ3v) is 2.98. The van der Waals surface area contributed by atoms with Gasteiger partial charge in [0.15, 0.2) is 0 Å². The number of nitriles is 1. The van der Waals surface area contributed by atoms with Crippen LogP contribution in [0.4, 0.5) is 0 Å². The molecule has 0 amide bonds. The Morgan fingerprint density at radius 3 is 2.46 bits per heavy atom. The highest BCUT2D eigenvalue weighted by molar-refractivity contribution is 5.03. The minimum absolute atomic E-state index is 0.01000. The predicted molar refractivity (Wildman–Crippen MR) is 54.3 cm³/mol. The van der Waals surface area contributed by atoms with Crippen LogP contribution in [0.5, 0.6) is 0 Å². The van der Waals surface area contributed by atoms with E-state index >= 15 is 0 Å². The fourth-order valence-electron chi connectivity index (χ4n) is 2.33. The van der Waals surface area contributed by atoms with Gasteiger partial charge in [-0.3, -0.25) is 0 Å². The van der Waals surface area contributed by atoms with Crippen LogP contribution in [0.25, 0.3) is 0 Å². The van der Waals surface area contributed by atoms with E-state index in [-0.39, 0.29) is 5.41 Å². The molecule has 2 heteroatoms. The van der Waals surface area contributed by atoms with Crippen molar-refractivity contribution in [2.75, 3.05) is 20.1 Å². The van der Waals surface area contributed by atoms with Crippen LogP contribution in [0.3, 0.4) is 0 Å². The van der Waals surface area contributed by atoms with Gasteiger partial charge in [0.1, 0.15) is 0 Å². The van der Waals surface area contributed by atoms with Gasteiger partial charge in [-0.05, 0) is 32.9 Å². The van der Waals surface area contributed by atoms with Gasteiger partial charge in [-0.15, -0.1) is 0 Å². The van der Waals surface area contributed by atoms with Gasteiger partial charge in [-0.25, -0.2) is 0 Å². The molecule has 0 spiro atoms. The van der Waals surface area contributed by atoms with Gasteiger partial charge in [-0.2, -0.15) is 5.26 Å². The Kier molecular flexibility index (Phi) is 3.74. The molecule has 1 fully saturated rings. The van der Waals surface area contributed by atoms with Crippen LogP contribution in [-0.2, 0) is 0 Å². The van der Waals surface area contributed by atoms with Gasteiger partial charge in [0.25, 0.3) is 0 Å². The van der Waals surface area contributed by atoms with Crippen LogP contribution >= 0.6 is 0 Å². The Morgan fingerprint density at radius 1 is 1.38 bits per heavy atom. The molecule has 0 unspecified atom stereocenters. The summed E-state index contributed by atoms with van der Waals surface area (Å²) in [5.41, 5.74) is -0.01000. The third-order valence-electron chi connectivity index (χ3n) is 2.98. The van der Waals surface area contributed by atoms with Crippen LogP contribution in [0.1, 0.15) is 39.0 Å². The molecule has 74 valence electrons. The van der Waals surface area contributed by atoms with Crippen LogP contribution < -0.4 is 0 Å². The SMILES string of the molecule is CCCN(C)CC1(C#N)CCCC1. The molecule has 1 aliphatic carbocycles. The molecule has 0 radical (unpaired) electrons. The molecule has 0 saturated heterocycles. The highest BCUT2D eigenvalue weighted by Crippen LogP contribution is 2.37. The second-order valence-electron chi connectivity index (χ2n) is 4.34. The number of hydrogen-bond acceptors (Lipinski definition) is 2. The molecule has 1 saturated carbocycles. The zero-order valence-corrected chi connectivity index (χ0v) is 8.84. The van der Waals surface area contributed by atoms with Gasteiger partial charge < -0.3 is 4.90 Å². The van der Waals surface area contributed by atoms with Crippen molar-refractivity contribution in [3.05, 3.63) is 0 Å². The minimum Gasteiger partial charge on any atom is -0.305 e. The maximum Gasteiger partial charge on any atom is 0.0703 e. The molecule has 0 aromatic heterocycles. The first-order valence-corrected chi connectivity index (χ1v) is 5.32. The van der Waals surface area contributed by atoms with Gasteiger partial charge in [0.05, 0.1) is 11.5 Å². The maximum absolute atomic E-state index is 9.16. The summed E-state index contributed by atoms with van der Waals surface area (Å²) in [5, 5.41) is 9.16. The van der Waals surface area contributed by atoms with Crippen molar-refractivity contribution in [2.45, 2.75) is 39.0 Å². The molecule has 1 aliphatic rings. The van der Waals surface area contributed by atoms with Gasteiger partial charge >= 0.3 is 0 Å². The van der Waals surface area contributed by atoms with E-state index in [4.69, 9.17) is 5.26 Å².